The molecule has 8 heteroatoms. The lowest BCUT2D eigenvalue weighted by Gasteiger charge is -2.14. The molecule has 0 atom stereocenters. The van der Waals surface area contributed by atoms with Crippen molar-refractivity contribution in [1.82, 2.24) is 9.55 Å². The van der Waals surface area contributed by atoms with Gasteiger partial charge in [-0.05, 0) is 36.6 Å². The second kappa shape index (κ2) is 10.2. The fourth-order valence-corrected chi connectivity index (χ4v) is 4.16. The number of pyridine rings is 1. The quantitative estimate of drug-likeness (QED) is 0.226. The third kappa shape index (κ3) is 4.77. The molecule has 4 rings (SSSR count). The van der Waals surface area contributed by atoms with Crippen molar-refractivity contribution < 1.29 is 23.9 Å². The topological polar surface area (TPSA) is 114 Å². The van der Waals surface area contributed by atoms with Gasteiger partial charge in [0.25, 0.3) is 11.7 Å². The maximum absolute atomic E-state index is 12.9. The normalized spacial score (nSPS) is 10.8. The molecule has 2 aromatic carbocycles. The van der Waals surface area contributed by atoms with E-state index >= 15 is 0 Å². The van der Waals surface area contributed by atoms with Gasteiger partial charge in [0.05, 0.1) is 23.1 Å². The van der Waals surface area contributed by atoms with Crippen LogP contribution in [0, 0.1) is 6.92 Å². The Morgan fingerprint density at radius 1 is 1.00 bits per heavy atom. The number of ketones is 1. The van der Waals surface area contributed by atoms with Gasteiger partial charge in [-0.15, -0.1) is 0 Å². The van der Waals surface area contributed by atoms with Crippen LogP contribution in [0.4, 0.5) is 0 Å². The average molecular weight is 472 g/mol. The molecule has 0 aliphatic heterocycles. The van der Waals surface area contributed by atoms with E-state index in [0.717, 1.165) is 16.7 Å². The Hall–Kier alpha value is -4.46. The molecule has 0 spiro atoms. The Morgan fingerprint density at radius 3 is 2.43 bits per heavy atom. The molecule has 1 amide bonds. The molecule has 0 radical (unpaired) electrons. The summed E-state index contributed by atoms with van der Waals surface area (Å²) in [4.78, 5) is 40.8. The van der Waals surface area contributed by atoms with E-state index in [9.17, 15) is 14.4 Å². The highest BCUT2D eigenvalue weighted by molar-refractivity contribution is 6.45. The van der Waals surface area contributed by atoms with Crippen molar-refractivity contribution in [2.45, 2.75) is 20.4 Å². The molecule has 0 fully saturated rings. The lowest BCUT2D eigenvalue weighted by molar-refractivity contribution is -0.145. The molecule has 2 N–H and O–H groups in total. The van der Waals surface area contributed by atoms with Crippen molar-refractivity contribution in [2.75, 3.05) is 13.2 Å². The zero-order valence-corrected chi connectivity index (χ0v) is 19.5. The minimum Gasteiger partial charge on any atom is -0.465 e. The standard InChI is InChI=1S/C27H25N3O5/c1-3-34-22(31)16-35-27-24-21(13-14-29-27)30(17(2)23(24)25(32)26(28)33)15-19-11-7-8-12-20(19)18-9-5-4-6-10-18/h4-14H,3,15-16H2,1-2H3,(H2,28,33). The summed E-state index contributed by atoms with van der Waals surface area (Å²) in [6.45, 7) is 3.68. The molecule has 0 aliphatic rings. The molecular formula is C27H25N3O5. The largest absolute Gasteiger partial charge is 0.465 e. The lowest BCUT2D eigenvalue weighted by Crippen LogP contribution is -2.24. The number of carbonyl (C=O) groups is 3. The number of rotatable bonds is 9. The van der Waals surface area contributed by atoms with E-state index in [0.29, 0.717) is 23.1 Å². The van der Waals surface area contributed by atoms with Crippen LogP contribution >= 0.6 is 0 Å². The van der Waals surface area contributed by atoms with Crippen molar-refractivity contribution in [3.8, 4) is 17.0 Å². The van der Waals surface area contributed by atoms with Crippen molar-refractivity contribution in [3.05, 3.63) is 83.7 Å². The van der Waals surface area contributed by atoms with Crippen LogP contribution in [0.25, 0.3) is 22.0 Å². The monoisotopic (exact) mass is 471 g/mol. The molecule has 2 heterocycles. The van der Waals surface area contributed by atoms with Gasteiger partial charge in [0.1, 0.15) is 0 Å². The molecule has 0 saturated heterocycles. The summed E-state index contributed by atoms with van der Waals surface area (Å²) in [6, 6.07) is 19.7. The number of ether oxygens (including phenoxy) is 2. The number of nitrogens with zero attached hydrogens (tertiary/aromatic N) is 2. The second-order valence-electron chi connectivity index (χ2n) is 7.87. The average Bonchev–Trinajstić information content (AvgIpc) is 3.15. The van der Waals surface area contributed by atoms with Gasteiger partial charge in [0.2, 0.25) is 5.88 Å². The predicted octanol–water partition coefficient (Wildman–Crippen LogP) is 3.67. The van der Waals surface area contributed by atoms with Crippen LogP contribution in [0.5, 0.6) is 5.88 Å². The minimum absolute atomic E-state index is 0.0540. The third-order valence-electron chi connectivity index (χ3n) is 5.72. The van der Waals surface area contributed by atoms with Gasteiger partial charge in [0, 0.05) is 18.4 Å². The number of primary amides is 1. The maximum Gasteiger partial charge on any atom is 0.344 e. The fraction of sp³-hybridized carbons (Fsp3) is 0.185. The van der Waals surface area contributed by atoms with E-state index in [1.54, 1.807) is 19.9 Å². The Bertz CT molecular complexity index is 1410. The van der Waals surface area contributed by atoms with Crippen LogP contribution in [0.15, 0.2) is 66.9 Å². The number of nitrogens with two attached hydrogens (primary N) is 1. The number of fused-ring (bicyclic) bond motifs is 1. The number of amides is 1. The number of hydrogen-bond donors (Lipinski definition) is 1. The Kier molecular flexibility index (Phi) is 6.91. The van der Waals surface area contributed by atoms with Gasteiger partial charge >= 0.3 is 5.97 Å². The van der Waals surface area contributed by atoms with E-state index in [1.807, 2.05) is 59.2 Å². The molecule has 4 aromatic rings. The van der Waals surface area contributed by atoms with E-state index in [-0.39, 0.29) is 24.7 Å². The number of aromatic nitrogens is 2. The summed E-state index contributed by atoms with van der Waals surface area (Å²) in [6.07, 6.45) is 1.53. The Labute approximate surface area is 202 Å². The molecule has 8 nitrogen and oxygen atoms in total. The van der Waals surface area contributed by atoms with Gasteiger partial charge in [-0.2, -0.15) is 0 Å². The number of esters is 1. The van der Waals surface area contributed by atoms with E-state index < -0.39 is 17.7 Å². The molecule has 0 saturated carbocycles. The van der Waals surface area contributed by atoms with Crippen LogP contribution in [0.1, 0.15) is 28.5 Å². The highest BCUT2D eigenvalue weighted by Crippen LogP contribution is 2.34. The zero-order valence-electron chi connectivity index (χ0n) is 19.5. The van der Waals surface area contributed by atoms with Gasteiger partial charge in [0.15, 0.2) is 6.61 Å². The molecule has 0 aliphatic carbocycles. The minimum atomic E-state index is -1.09. The van der Waals surface area contributed by atoms with E-state index in [1.165, 1.54) is 6.20 Å². The Morgan fingerprint density at radius 2 is 1.71 bits per heavy atom. The molecule has 0 unspecified atom stereocenters. The summed E-state index contributed by atoms with van der Waals surface area (Å²) in [5.74, 6) is -2.45. The number of carbonyl (C=O) groups excluding carboxylic acids is 3. The summed E-state index contributed by atoms with van der Waals surface area (Å²) >= 11 is 0. The molecule has 2 aromatic heterocycles. The van der Waals surface area contributed by atoms with Crippen molar-refractivity contribution in [2.24, 2.45) is 5.73 Å². The van der Waals surface area contributed by atoms with Crippen LogP contribution in [0.2, 0.25) is 0 Å². The molecule has 0 bridgehead atoms. The number of benzene rings is 2. The first kappa shape index (κ1) is 23.7. The highest BCUT2D eigenvalue weighted by atomic mass is 16.6. The number of Topliss-reactive ketones (excluding diaryl/α,β-unsaturated/α-hetero) is 1. The SMILES string of the molecule is CCOC(=O)COc1nccc2c1c(C(=O)C(N)=O)c(C)n2Cc1ccccc1-c1ccccc1. The van der Waals surface area contributed by atoms with Crippen LogP contribution in [0.3, 0.4) is 0 Å². The summed E-state index contributed by atoms with van der Waals surface area (Å²) in [7, 11) is 0. The van der Waals surface area contributed by atoms with Crippen molar-refractivity contribution in [1.29, 1.82) is 0 Å². The summed E-state index contributed by atoms with van der Waals surface area (Å²) in [5, 5.41) is 0.329. The van der Waals surface area contributed by atoms with Crippen LogP contribution < -0.4 is 10.5 Å². The molecule has 178 valence electrons. The second-order valence-corrected chi connectivity index (χ2v) is 7.87. The first-order valence-corrected chi connectivity index (χ1v) is 11.2. The first-order valence-electron chi connectivity index (χ1n) is 11.2. The smallest absolute Gasteiger partial charge is 0.344 e. The summed E-state index contributed by atoms with van der Waals surface area (Å²) in [5.41, 5.74) is 9.77. The van der Waals surface area contributed by atoms with Crippen LogP contribution in [-0.4, -0.2) is 40.4 Å². The molecule has 35 heavy (non-hydrogen) atoms. The lowest BCUT2D eigenvalue weighted by atomic mass is 9.99. The van der Waals surface area contributed by atoms with Crippen LogP contribution in [-0.2, 0) is 20.9 Å². The van der Waals surface area contributed by atoms with E-state index in [4.69, 9.17) is 15.2 Å². The first-order chi connectivity index (χ1) is 16.9. The highest BCUT2D eigenvalue weighted by Gasteiger charge is 2.27. The predicted molar refractivity (Wildman–Crippen MR) is 131 cm³/mol. The summed E-state index contributed by atoms with van der Waals surface area (Å²) < 4.78 is 12.5. The van der Waals surface area contributed by atoms with Crippen molar-refractivity contribution in [3.63, 3.8) is 0 Å². The van der Waals surface area contributed by atoms with Crippen molar-refractivity contribution >= 4 is 28.6 Å². The maximum atomic E-state index is 12.9. The number of hydrogen-bond acceptors (Lipinski definition) is 6. The van der Waals surface area contributed by atoms with Gasteiger partial charge < -0.3 is 19.8 Å². The Balaban J connectivity index is 1.85. The zero-order chi connectivity index (χ0) is 24.9. The fourth-order valence-electron chi connectivity index (χ4n) is 4.16. The van der Waals surface area contributed by atoms with Gasteiger partial charge in [-0.3, -0.25) is 9.59 Å². The molecular weight excluding hydrogens is 446 g/mol. The third-order valence-corrected chi connectivity index (χ3v) is 5.72. The van der Waals surface area contributed by atoms with Gasteiger partial charge in [-0.1, -0.05) is 54.6 Å². The van der Waals surface area contributed by atoms with Gasteiger partial charge in [-0.25, -0.2) is 9.78 Å². The van der Waals surface area contributed by atoms with E-state index in [2.05, 4.69) is 4.98 Å².